The van der Waals surface area contributed by atoms with E-state index in [-0.39, 0.29) is 11.4 Å². The molecule has 0 amide bonds. The zero-order valence-corrected chi connectivity index (χ0v) is 22.3. The number of carbonyl (C=O) groups excluding carboxylic acids is 1. The van der Waals surface area contributed by atoms with Gasteiger partial charge in [-0.3, -0.25) is 4.79 Å². The van der Waals surface area contributed by atoms with Gasteiger partial charge in [0, 0.05) is 11.6 Å². The van der Waals surface area contributed by atoms with Crippen LogP contribution in [0.2, 0.25) is 0 Å². The van der Waals surface area contributed by atoms with Crippen LogP contribution in [-0.2, 0) is 9.59 Å². The first kappa shape index (κ1) is 29.9. The van der Waals surface area contributed by atoms with Crippen molar-refractivity contribution in [3.05, 3.63) is 108 Å². The average molecular weight is 543 g/mol. The van der Waals surface area contributed by atoms with Crippen LogP contribution in [-0.4, -0.2) is 41.1 Å². The Morgan fingerprint density at radius 2 is 1.15 bits per heavy atom. The number of hydrogen-bond donors (Lipinski definition) is 2. The lowest BCUT2D eigenvalue weighted by Crippen LogP contribution is -2.03. The maximum atomic E-state index is 12.2. The van der Waals surface area contributed by atoms with Crippen molar-refractivity contribution in [1.82, 2.24) is 0 Å². The minimum atomic E-state index is -1.31. The second-order valence-electron chi connectivity index (χ2n) is 9.18. The van der Waals surface area contributed by atoms with E-state index < -0.39 is 11.9 Å². The second kappa shape index (κ2) is 16.3. The number of ether oxygens (including phenoxy) is 2. The molecule has 3 aromatic carbocycles. The quantitative estimate of drug-likeness (QED) is 0.108. The Kier molecular flexibility index (Phi) is 12.2. The van der Waals surface area contributed by atoms with E-state index in [9.17, 15) is 19.5 Å². The number of allylic oxidation sites excluding steroid dienone is 1. The largest absolute Gasteiger partial charge is 0.494 e. The molecule has 0 aliphatic heterocycles. The van der Waals surface area contributed by atoms with Gasteiger partial charge in [-0.05, 0) is 54.3 Å². The number of aliphatic carboxylic acids is 2. The molecule has 2 N–H and O–H groups in total. The Morgan fingerprint density at radius 3 is 1.68 bits per heavy atom. The van der Waals surface area contributed by atoms with E-state index in [1.54, 1.807) is 48.6 Å². The summed E-state index contributed by atoms with van der Waals surface area (Å²) in [5.74, 6) is -1.19. The van der Waals surface area contributed by atoms with Crippen LogP contribution in [0.3, 0.4) is 0 Å². The van der Waals surface area contributed by atoms with Crippen LogP contribution >= 0.6 is 0 Å². The predicted molar refractivity (Wildman–Crippen MR) is 155 cm³/mol. The number of unbranched alkanes of at least 4 members (excludes halogenated alkanes) is 5. The lowest BCUT2D eigenvalue weighted by molar-refractivity contribution is -0.133. The van der Waals surface area contributed by atoms with E-state index in [2.05, 4.69) is 0 Å². The van der Waals surface area contributed by atoms with E-state index in [1.165, 1.54) is 0 Å². The molecule has 0 spiro atoms. The van der Waals surface area contributed by atoms with Gasteiger partial charge in [-0.15, -0.1) is 0 Å². The first-order valence-corrected chi connectivity index (χ1v) is 13.3. The van der Waals surface area contributed by atoms with Gasteiger partial charge in [-0.1, -0.05) is 86.4 Å². The molecule has 0 unspecified atom stereocenters. The maximum absolute atomic E-state index is 12.2. The number of ketones is 1. The molecule has 3 rings (SSSR count). The molecule has 0 heterocycles. The smallest absolute Gasteiger partial charge is 0.336 e. The number of carboxylic acid groups (broad SMARTS) is 2. The van der Waals surface area contributed by atoms with Crippen LogP contribution in [0, 0.1) is 0 Å². The van der Waals surface area contributed by atoms with Gasteiger partial charge in [0.2, 0.25) is 0 Å². The predicted octanol–water partition coefficient (Wildman–Crippen LogP) is 6.93. The van der Waals surface area contributed by atoms with Gasteiger partial charge in [-0.25, -0.2) is 9.59 Å². The van der Waals surface area contributed by atoms with Crippen molar-refractivity contribution in [2.75, 3.05) is 13.2 Å². The molecular weight excluding hydrogens is 508 g/mol. The fourth-order valence-corrected chi connectivity index (χ4v) is 3.96. The summed E-state index contributed by atoms with van der Waals surface area (Å²) in [5, 5.41) is 18.0. The molecule has 7 heteroatoms. The molecule has 3 aromatic rings. The minimum absolute atomic E-state index is 0.0232. The number of carbonyl (C=O) groups is 3. The summed E-state index contributed by atoms with van der Waals surface area (Å²) in [4.78, 5) is 34.2. The minimum Gasteiger partial charge on any atom is -0.494 e. The van der Waals surface area contributed by atoms with Gasteiger partial charge in [0.25, 0.3) is 0 Å². The second-order valence-corrected chi connectivity index (χ2v) is 9.18. The zero-order chi connectivity index (χ0) is 28.6. The van der Waals surface area contributed by atoms with Crippen molar-refractivity contribution in [3.8, 4) is 11.5 Å². The summed E-state index contributed by atoms with van der Waals surface area (Å²) < 4.78 is 11.5. The first-order valence-electron chi connectivity index (χ1n) is 13.3. The number of rotatable bonds is 17. The van der Waals surface area contributed by atoms with Gasteiger partial charge < -0.3 is 19.7 Å². The molecule has 0 fully saturated rings. The zero-order valence-electron chi connectivity index (χ0n) is 22.3. The van der Waals surface area contributed by atoms with Gasteiger partial charge in [0.05, 0.1) is 18.8 Å². The highest BCUT2D eigenvalue weighted by atomic mass is 16.5. The lowest BCUT2D eigenvalue weighted by Gasteiger charge is -2.08. The average Bonchev–Trinajstić information content (AvgIpc) is 2.97. The summed E-state index contributed by atoms with van der Waals surface area (Å²) in [7, 11) is 0. The summed E-state index contributed by atoms with van der Waals surface area (Å²) in [5.41, 5.74) is 1.65. The Balaban J connectivity index is 1.23. The lowest BCUT2D eigenvalue weighted by atomic mass is 10.1. The van der Waals surface area contributed by atoms with E-state index >= 15 is 0 Å². The highest BCUT2D eigenvalue weighted by Gasteiger charge is 2.12. The molecule has 40 heavy (non-hydrogen) atoms. The van der Waals surface area contributed by atoms with Crippen LogP contribution in [0.25, 0.3) is 11.6 Å². The van der Waals surface area contributed by atoms with E-state index in [4.69, 9.17) is 14.6 Å². The fourth-order valence-electron chi connectivity index (χ4n) is 3.96. The van der Waals surface area contributed by atoms with Crippen LogP contribution in [0.1, 0.15) is 60.0 Å². The highest BCUT2D eigenvalue weighted by molar-refractivity contribution is 6.19. The number of hydrogen-bond acceptors (Lipinski definition) is 5. The van der Waals surface area contributed by atoms with Crippen LogP contribution in [0.15, 0.2) is 91.0 Å². The van der Waals surface area contributed by atoms with Crippen molar-refractivity contribution >= 4 is 29.4 Å². The molecule has 7 nitrogen and oxygen atoms in total. The Bertz CT molecular complexity index is 1290. The topological polar surface area (TPSA) is 110 Å². The van der Waals surface area contributed by atoms with Crippen molar-refractivity contribution in [3.63, 3.8) is 0 Å². The van der Waals surface area contributed by atoms with Crippen molar-refractivity contribution < 1.29 is 34.1 Å². The monoisotopic (exact) mass is 542 g/mol. The van der Waals surface area contributed by atoms with Crippen LogP contribution in [0.5, 0.6) is 11.5 Å². The first-order chi connectivity index (χ1) is 19.4. The molecule has 0 aromatic heterocycles. The maximum Gasteiger partial charge on any atom is 0.336 e. The summed E-state index contributed by atoms with van der Waals surface area (Å²) in [6.07, 6.45) is 10.3. The normalized spacial score (nSPS) is 11.3. The van der Waals surface area contributed by atoms with E-state index in [0.717, 1.165) is 49.8 Å². The molecule has 0 saturated carbocycles. The van der Waals surface area contributed by atoms with E-state index in [1.807, 2.05) is 42.5 Å². The van der Waals surface area contributed by atoms with Crippen molar-refractivity contribution in [2.45, 2.75) is 38.5 Å². The Labute approximate surface area is 234 Å². The Hall–Kier alpha value is -4.65. The van der Waals surface area contributed by atoms with Gasteiger partial charge >= 0.3 is 11.9 Å². The molecule has 0 saturated heterocycles. The third-order valence-electron chi connectivity index (χ3n) is 6.11. The van der Waals surface area contributed by atoms with E-state index in [0.29, 0.717) is 36.2 Å². The summed E-state index contributed by atoms with van der Waals surface area (Å²) >= 11 is 0. The van der Waals surface area contributed by atoms with Gasteiger partial charge in [0.15, 0.2) is 5.78 Å². The van der Waals surface area contributed by atoms with Gasteiger partial charge in [0.1, 0.15) is 11.5 Å². The third kappa shape index (κ3) is 10.6. The van der Waals surface area contributed by atoms with Crippen molar-refractivity contribution in [2.24, 2.45) is 0 Å². The molecule has 0 radical (unpaired) electrons. The SMILES string of the molecule is O=C(O)/C=C(\C(=O)O)c1ccc(OCCCCCCCCOc2ccc(C=CC(=O)c3ccccc3)cc2)cc1. The van der Waals surface area contributed by atoms with Crippen molar-refractivity contribution in [1.29, 1.82) is 0 Å². The van der Waals surface area contributed by atoms with Gasteiger partial charge in [-0.2, -0.15) is 0 Å². The molecule has 0 atom stereocenters. The molecule has 208 valence electrons. The summed E-state index contributed by atoms with van der Waals surface area (Å²) in [6, 6.07) is 23.3. The molecule has 0 aliphatic carbocycles. The molecule has 0 bridgehead atoms. The molecular formula is C33H34O7. The Morgan fingerprint density at radius 1 is 0.625 bits per heavy atom. The fraction of sp³-hybridized carbons (Fsp3) is 0.242. The molecule has 0 aliphatic rings. The standard InChI is InChI=1S/C33H34O7/c34-31(27-10-6-5-7-11-27)21-14-25-12-17-28(18-13-25)39-22-8-3-1-2-4-9-23-40-29-19-15-26(16-20-29)30(33(37)38)24-32(35)36/h5-7,10-21,24H,1-4,8-9,22-23H2,(H,35,36)(H,37,38)/b21-14?,30-24-. The number of carboxylic acids is 2. The number of benzene rings is 3. The van der Waals surface area contributed by atoms with Crippen LogP contribution in [0.4, 0.5) is 0 Å². The highest BCUT2D eigenvalue weighted by Crippen LogP contribution is 2.20. The van der Waals surface area contributed by atoms with Crippen LogP contribution < -0.4 is 9.47 Å². The summed E-state index contributed by atoms with van der Waals surface area (Å²) in [6.45, 7) is 1.22. The third-order valence-corrected chi connectivity index (χ3v) is 6.11.